The second kappa shape index (κ2) is 3.30. The van der Waals surface area contributed by atoms with Gasteiger partial charge in [-0.1, -0.05) is 0 Å². The zero-order chi connectivity index (χ0) is 11.1. The van der Waals surface area contributed by atoms with Crippen molar-refractivity contribution in [3.05, 3.63) is 24.0 Å². The van der Waals surface area contributed by atoms with Crippen LogP contribution in [-0.4, -0.2) is 26.7 Å². The highest BCUT2D eigenvalue weighted by molar-refractivity contribution is 6.05. The summed E-state index contributed by atoms with van der Waals surface area (Å²) in [7, 11) is 1.82. The number of nitrogens with zero attached hydrogens (tertiary/aromatic N) is 3. The van der Waals surface area contributed by atoms with Gasteiger partial charge in [0, 0.05) is 19.3 Å². The minimum Gasteiger partial charge on any atom is -0.349 e. The second-order valence-electron chi connectivity index (χ2n) is 4.11. The maximum atomic E-state index is 11.9. The number of pyridine rings is 1. The normalized spacial score (nSPS) is 15.3. The number of hydrogen-bond donors (Lipinski definition) is 1. The summed E-state index contributed by atoms with van der Waals surface area (Å²) >= 11 is 0. The summed E-state index contributed by atoms with van der Waals surface area (Å²) in [6.07, 6.45) is 5.51. The molecule has 0 bridgehead atoms. The first-order valence-corrected chi connectivity index (χ1v) is 5.33. The van der Waals surface area contributed by atoms with Crippen molar-refractivity contribution in [2.45, 2.75) is 18.9 Å². The van der Waals surface area contributed by atoms with Gasteiger partial charge in [-0.05, 0) is 18.9 Å². The van der Waals surface area contributed by atoms with Gasteiger partial charge >= 0.3 is 0 Å². The second-order valence-corrected chi connectivity index (χ2v) is 4.11. The molecular formula is C11H12N4O. The zero-order valence-electron chi connectivity index (χ0n) is 8.97. The van der Waals surface area contributed by atoms with E-state index in [-0.39, 0.29) is 5.91 Å². The molecule has 1 saturated carbocycles. The van der Waals surface area contributed by atoms with E-state index in [0.29, 0.717) is 11.6 Å². The number of aromatic nitrogens is 3. The van der Waals surface area contributed by atoms with Gasteiger partial charge in [-0.3, -0.25) is 9.48 Å². The van der Waals surface area contributed by atoms with E-state index < -0.39 is 0 Å². The van der Waals surface area contributed by atoms with E-state index in [1.54, 1.807) is 23.1 Å². The van der Waals surface area contributed by atoms with Gasteiger partial charge in [-0.15, -0.1) is 0 Å². The standard InChI is InChI=1S/C11H12N4O/c1-15-10-9(6-13-15)8(4-5-12-10)11(16)14-7-2-3-7/h4-7H,2-3H2,1H3,(H,14,16). The predicted molar refractivity (Wildman–Crippen MR) is 59.0 cm³/mol. The first kappa shape index (κ1) is 9.33. The summed E-state index contributed by atoms with van der Waals surface area (Å²) in [6.45, 7) is 0. The first-order valence-electron chi connectivity index (χ1n) is 5.33. The van der Waals surface area contributed by atoms with Gasteiger partial charge in [0.15, 0.2) is 5.65 Å². The molecule has 0 aliphatic heterocycles. The number of hydrogen-bond acceptors (Lipinski definition) is 3. The molecule has 3 rings (SSSR count). The van der Waals surface area contributed by atoms with Crippen LogP contribution in [0.2, 0.25) is 0 Å². The Labute approximate surface area is 92.5 Å². The smallest absolute Gasteiger partial charge is 0.252 e. The maximum Gasteiger partial charge on any atom is 0.252 e. The molecule has 0 saturated heterocycles. The van der Waals surface area contributed by atoms with Gasteiger partial charge in [0.1, 0.15) is 0 Å². The SMILES string of the molecule is Cn1ncc2c(C(=O)NC3CC3)ccnc21. The van der Waals surface area contributed by atoms with Gasteiger partial charge in [-0.2, -0.15) is 5.10 Å². The van der Waals surface area contributed by atoms with Crippen LogP contribution >= 0.6 is 0 Å². The Morgan fingerprint density at radius 3 is 3.12 bits per heavy atom. The Morgan fingerprint density at radius 1 is 1.56 bits per heavy atom. The molecule has 1 fully saturated rings. The fourth-order valence-corrected chi connectivity index (χ4v) is 1.74. The summed E-state index contributed by atoms with van der Waals surface area (Å²) in [5.74, 6) is -0.0251. The molecule has 0 unspecified atom stereocenters. The van der Waals surface area contributed by atoms with Crippen molar-refractivity contribution < 1.29 is 4.79 Å². The summed E-state index contributed by atoms with van der Waals surface area (Å²) in [5, 5.41) is 7.88. The van der Waals surface area contributed by atoms with Crippen molar-refractivity contribution in [1.82, 2.24) is 20.1 Å². The number of aryl methyl sites for hydroxylation is 1. The monoisotopic (exact) mass is 216 g/mol. The molecule has 2 aromatic heterocycles. The largest absolute Gasteiger partial charge is 0.349 e. The zero-order valence-corrected chi connectivity index (χ0v) is 8.97. The van der Waals surface area contributed by atoms with Gasteiger partial charge in [0.2, 0.25) is 0 Å². The fraction of sp³-hybridized carbons (Fsp3) is 0.364. The van der Waals surface area contributed by atoms with Crippen LogP contribution in [0.1, 0.15) is 23.2 Å². The Bertz CT molecular complexity index is 556. The molecule has 1 aliphatic carbocycles. The average Bonchev–Trinajstić information content (AvgIpc) is 3.02. The lowest BCUT2D eigenvalue weighted by Gasteiger charge is -2.03. The van der Waals surface area contributed by atoms with Crippen LogP contribution in [0, 0.1) is 0 Å². The molecule has 1 amide bonds. The Balaban J connectivity index is 2.04. The Kier molecular flexibility index (Phi) is 1.92. The van der Waals surface area contributed by atoms with Crippen molar-refractivity contribution in [2.75, 3.05) is 0 Å². The number of fused-ring (bicyclic) bond motifs is 1. The summed E-state index contributed by atoms with van der Waals surface area (Å²) in [5.41, 5.74) is 1.40. The number of carbonyl (C=O) groups excluding carboxylic acids is 1. The molecular weight excluding hydrogens is 204 g/mol. The molecule has 0 aromatic carbocycles. The highest BCUT2D eigenvalue weighted by Crippen LogP contribution is 2.21. The minimum atomic E-state index is -0.0251. The van der Waals surface area contributed by atoms with Crippen LogP contribution in [0.3, 0.4) is 0 Å². The minimum absolute atomic E-state index is 0.0251. The molecule has 2 aromatic rings. The molecule has 1 N–H and O–H groups in total. The molecule has 16 heavy (non-hydrogen) atoms. The third kappa shape index (κ3) is 1.44. The van der Waals surface area contributed by atoms with Crippen LogP contribution in [0.5, 0.6) is 0 Å². The lowest BCUT2D eigenvalue weighted by molar-refractivity contribution is 0.0952. The molecule has 0 radical (unpaired) electrons. The molecule has 0 atom stereocenters. The average molecular weight is 216 g/mol. The van der Waals surface area contributed by atoms with Gasteiger partial charge in [0.25, 0.3) is 5.91 Å². The van der Waals surface area contributed by atoms with Crippen molar-refractivity contribution >= 4 is 16.9 Å². The van der Waals surface area contributed by atoms with E-state index in [9.17, 15) is 4.79 Å². The van der Waals surface area contributed by atoms with Crippen LogP contribution in [0.25, 0.3) is 11.0 Å². The third-order valence-corrected chi connectivity index (χ3v) is 2.79. The van der Waals surface area contributed by atoms with Gasteiger partial charge < -0.3 is 5.32 Å². The number of nitrogens with one attached hydrogen (secondary N) is 1. The van der Waals surface area contributed by atoms with Crippen LogP contribution in [0.15, 0.2) is 18.5 Å². The Hall–Kier alpha value is -1.91. The Morgan fingerprint density at radius 2 is 2.38 bits per heavy atom. The maximum absolute atomic E-state index is 11.9. The highest BCUT2D eigenvalue weighted by Gasteiger charge is 2.24. The van der Waals surface area contributed by atoms with Crippen LogP contribution < -0.4 is 5.32 Å². The van der Waals surface area contributed by atoms with Gasteiger partial charge in [0.05, 0.1) is 17.1 Å². The molecule has 0 spiro atoms. The summed E-state index contributed by atoms with van der Waals surface area (Å²) < 4.78 is 1.67. The van der Waals surface area contributed by atoms with Crippen molar-refractivity contribution in [3.63, 3.8) is 0 Å². The summed E-state index contributed by atoms with van der Waals surface area (Å²) in [4.78, 5) is 16.1. The van der Waals surface area contributed by atoms with E-state index in [4.69, 9.17) is 0 Å². The number of carbonyl (C=O) groups is 1. The number of amides is 1. The number of rotatable bonds is 2. The molecule has 5 nitrogen and oxygen atoms in total. The molecule has 2 heterocycles. The van der Waals surface area contributed by atoms with E-state index in [0.717, 1.165) is 23.9 Å². The highest BCUT2D eigenvalue weighted by atomic mass is 16.1. The molecule has 5 heteroatoms. The molecule has 82 valence electrons. The van der Waals surface area contributed by atoms with Crippen molar-refractivity contribution in [1.29, 1.82) is 0 Å². The van der Waals surface area contributed by atoms with Crippen molar-refractivity contribution in [2.24, 2.45) is 7.05 Å². The molecule has 1 aliphatic rings. The van der Waals surface area contributed by atoms with Crippen LogP contribution in [-0.2, 0) is 7.05 Å². The summed E-state index contributed by atoms with van der Waals surface area (Å²) in [6, 6.07) is 2.11. The van der Waals surface area contributed by atoms with E-state index >= 15 is 0 Å². The lowest BCUT2D eigenvalue weighted by atomic mass is 10.2. The fourth-order valence-electron chi connectivity index (χ4n) is 1.74. The third-order valence-electron chi connectivity index (χ3n) is 2.79. The predicted octanol–water partition coefficient (Wildman–Crippen LogP) is 0.861. The van der Waals surface area contributed by atoms with Crippen molar-refractivity contribution in [3.8, 4) is 0 Å². The van der Waals surface area contributed by atoms with E-state index in [1.165, 1.54) is 0 Å². The van der Waals surface area contributed by atoms with Gasteiger partial charge in [-0.25, -0.2) is 4.98 Å². The quantitative estimate of drug-likeness (QED) is 0.810. The van der Waals surface area contributed by atoms with E-state index in [2.05, 4.69) is 15.4 Å². The first-order chi connectivity index (χ1) is 7.75. The topological polar surface area (TPSA) is 59.8 Å². The van der Waals surface area contributed by atoms with Crippen LogP contribution in [0.4, 0.5) is 0 Å². The van der Waals surface area contributed by atoms with E-state index in [1.807, 2.05) is 7.05 Å². The lowest BCUT2D eigenvalue weighted by Crippen LogP contribution is -2.25.